The van der Waals surface area contributed by atoms with E-state index in [0.29, 0.717) is 11.8 Å². The third-order valence-electron chi connectivity index (χ3n) is 3.76. The van der Waals surface area contributed by atoms with Crippen LogP contribution >= 0.6 is 0 Å². The predicted molar refractivity (Wildman–Crippen MR) is 64.5 cm³/mol. The number of fused-ring (bicyclic) bond motifs is 2. The normalized spacial score (nSPS) is 26.8. The van der Waals surface area contributed by atoms with Crippen molar-refractivity contribution in [2.45, 2.75) is 19.3 Å². The minimum absolute atomic E-state index is 0.0526. The number of carbonyl (C=O) groups is 2. The maximum absolute atomic E-state index is 11.9. The van der Waals surface area contributed by atoms with Crippen LogP contribution in [0.3, 0.4) is 0 Å². The molecule has 1 saturated heterocycles. The first-order valence-electron chi connectivity index (χ1n) is 6.29. The second kappa shape index (κ2) is 4.94. The molecule has 0 spiro atoms. The van der Waals surface area contributed by atoms with Gasteiger partial charge in [0.2, 0.25) is 5.91 Å². The van der Waals surface area contributed by atoms with Gasteiger partial charge in [-0.3, -0.25) is 4.79 Å². The first-order valence-corrected chi connectivity index (χ1v) is 6.29. The highest BCUT2D eigenvalue weighted by Crippen LogP contribution is 2.36. The van der Waals surface area contributed by atoms with Crippen molar-refractivity contribution in [3.05, 3.63) is 0 Å². The van der Waals surface area contributed by atoms with Crippen LogP contribution in [0.4, 0.5) is 4.79 Å². The van der Waals surface area contributed by atoms with Crippen molar-refractivity contribution in [2.75, 3.05) is 33.7 Å². The van der Waals surface area contributed by atoms with E-state index in [2.05, 4.69) is 5.32 Å². The van der Waals surface area contributed by atoms with E-state index >= 15 is 0 Å². The van der Waals surface area contributed by atoms with E-state index in [4.69, 9.17) is 0 Å². The average Bonchev–Trinajstić information content (AvgIpc) is 2.64. The van der Waals surface area contributed by atoms with E-state index in [1.54, 1.807) is 14.1 Å². The van der Waals surface area contributed by atoms with E-state index in [-0.39, 0.29) is 18.5 Å². The number of likely N-dealkylation sites (tertiary alicyclic amines) is 1. The molecular formula is C12H21N3O2. The van der Waals surface area contributed by atoms with Crippen LogP contribution in [0, 0.1) is 11.8 Å². The summed E-state index contributed by atoms with van der Waals surface area (Å²) in [7, 11) is 3.34. The van der Waals surface area contributed by atoms with Gasteiger partial charge in [0.25, 0.3) is 0 Å². The molecule has 5 heteroatoms. The molecule has 2 fully saturated rings. The van der Waals surface area contributed by atoms with Crippen molar-refractivity contribution in [3.8, 4) is 0 Å². The van der Waals surface area contributed by atoms with Crippen molar-refractivity contribution < 1.29 is 9.59 Å². The Morgan fingerprint density at radius 1 is 1.24 bits per heavy atom. The summed E-state index contributed by atoms with van der Waals surface area (Å²) in [6.07, 6.45) is 3.81. The highest BCUT2D eigenvalue weighted by atomic mass is 16.2. The first kappa shape index (κ1) is 12.2. The second-order valence-corrected chi connectivity index (χ2v) is 5.40. The molecule has 0 aromatic rings. The molecule has 2 bridgehead atoms. The number of hydrogen-bond acceptors (Lipinski definition) is 2. The van der Waals surface area contributed by atoms with Crippen LogP contribution in [-0.4, -0.2) is 55.5 Å². The van der Waals surface area contributed by atoms with Crippen LogP contribution < -0.4 is 5.32 Å². The van der Waals surface area contributed by atoms with Crippen molar-refractivity contribution in [1.29, 1.82) is 0 Å². The van der Waals surface area contributed by atoms with Gasteiger partial charge >= 0.3 is 6.03 Å². The van der Waals surface area contributed by atoms with Gasteiger partial charge in [-0.2, -0.15) is 0 Å². The largest absolute Gasteiger partial charge is 0.341 e. The second-order valence-electron chi connectivity index (χ2n) is 5.40. The fourth-order valence-electron chi connectivity index (χ4n) is 2.83. The molecule has 2 rings (SSSR count). The summed E-state index contributed by atoms with van der Waals surface area (Å²) >= 11 is 0. The summed E-state index contributed by atoms with van der Waals surface area (Å²) in [6.45, 7) is 1.89. The Bertz CT molecular complexity index is 305. The number of nitrogens with one attached hydrogen (secondary N) is 1. The molecule has 1 saturated carbocycles. The summed E-state index contributed by atoms with van der Waals surface area (Å²) in [6, 6.07) is -0.210. The van der Waals surface area contributed by atoms with Gasteiger partial charge in [-0.15, -0.1) is 0 Å². The van der Waals surface area contributed by atoms with Crippen molar-refractivity contribution in [1.82, 2.24) is 15.1 Å². The van der Waals surface area contributed by atoms with Crippen LogP contribution in [0.2, 0.25) is 0 Å². The van der Waals surface area contributed by atoms with Gasteiger partial charge in [-0.25, -0.2) is 4.79 Å². The molecule has 1 aliphatic carbocycles. The molecule has 17 heavy (non-hydrogen) atoms. The Morgan fingerprint density at radius 2 is 1.82 bits per heavy atom. The summed E-state index contributed by atoms with van der Waals surface area (Å²) in [5.41, 5.74) is 0. The molecule has 0 radical (unpaired) electrons. The number of hydrogen-bond donors (Lipinski definition) is 1. The monoisotopic (exact) mass is 239 g/mol. The number of carbonyl (C=O) groups excluding carboxylic acids is 2. The standard InChI is InChI=1S/C12H21N3O2/c1-14(2)12(17)13-6-11(16)15-7-9-3-4-10(5-9)8-15/h9-10H,3-8H2,1-2H3,(H,13,17)/t9-,10+. The molecule has 0 unspecified atom stereocenters. The molecule has 5 nitrogen and oxygen atoms in total. The Kier molecular flexibility index (Phi) is 3.54. The van der Waals surface area contributed by atoms with Crippen LogP contribution in [0.1, 0.15) is 19.3 Å². The molecule has 0 aromatic heterocycles. The SMILES string of the molecule is CN(C)C(=O)NCC(=O)N1C[C@@H]2CC[C@@H](C2)C1. The first-order chi connectivity index (χ1) is 8.06. The topological polar surface area (TPSA) is 52.7 Å². The zero-order chi connectivity index (χ0) is 12.4. The summed E-state index contributed by atoms with van der Waals surface area (Å²) < 4.78 is 0. The zero-order valence-corrected chi connectivity index (χ0v) is 10.6. The number of amides is 3. The van der Waals surface area contributed by atoms with Crippen LogP contribution in [-0.2, 0) is 4.79 Å². The number of rotatable bonds is 2. The Labute approximate surface area is 102 Å². The molecule has 2 aliphatic rings. The Morgan fingerprint density at radius 3 is 2.35 bits per heavy atom. The highest BCUT2D eigenvalue weighted by Gasteiger charge is 2.34. The molecule has 1 N–H and O–H groups in total. The summed E-state index contributed by atoms with van der Waals surface area (Å²) in [5.74, 6) is 1.45. The molecule has 1 aliphatic heterocycles. The maximum Gasteiger partial charge on any atom is 0.317 e. The minimum atomic E-state index is -0.210. The lowest BCUT2D eigenvalue weighted by molar-refractivity contribution is -0.132. The lowest BCUT2D eigenvalue weighted by atomic mass is 9.99. The molecule has 96 valence electrons. The van der Waals surface area contributed by atoms with Crippen molar-refractivity contribution in [3.63, 3.8) is 0 Å². The van der Waals surface area contributed by atoms with E-state index in [1.807, 2.05) is 4.90 Å². The van der Waals surface area contributed by atoms with Crippen molar-refractivity contribution >= 4 is 11.9 Å². The highest BCUT2D eigenvalue weighted by molar-refractivity contribution is 5.83. The Balaban J connectivity index is 1.78. The molecule has 3 amide bonds. The van der Waals surface area contributed by atoms with Gasteiger partial charge in [-0.1, -0.05) is 0 Å². The van der Waals surface area contributed by atoms with Gasteiger partial charge < -0.3 is 15.1 Å². The Hall–Kier alpha value is -1.26. The molecular weight excluding hydrogens is 218 g/mol. The maximum atomic E-state index is 11.9. The van der Waals surface area contributed by atoms with E-state index < -0.39 is 0 Å². The summed E-state index contributed by atoms with van der Waals surface area (Å²) in [4.78, 5) is 26.6. The van der Waals surface area contributed by atoms with Crippen molar-refractivity contribution in [2.24, 2.45) is 11.8 Å². The van der Waals surface area contributed by atoms with E-state index in [9.17, 15) is 9.59 Å². The predicted octanol–water partition coefficient (Wildman–Crippen LogP) is 0.516. The molecule has 2 atom stereocenters. The fourth-order valence-corrected chi connectivity index (χ4v) is 2.83. The fraction of sp³-hybridized carbons (Fsp3) is 0.833. The van der Waals surface area contributed by atoms with Crippen LogP contribution in [0.25, 0.3) is 0 Å². The smallest absolute Gasteiger partial charge is 0.317 e. The van der Waals surface area contributed by atoms with Gasteiger partial charge in [0.1, 0.15) is 0 Å². The lowest BCUT2D eigenvalue weighted by Gasteiger charge is -2.32. The lowest BCUT2D eigenvalue weighted by Crippen LogP contribution is -2.47. The van der Waals surface area contributed by atoms with Gasteiger partial charge in [0.05, 0.1) is 6.54 Å². The number of urea groups is 1. The third-order valence-corrected chi connectivity index (χ3v) is 3.76. The molecule has 1 heterocycles. The summed E-state index contributed by atoms with van der Waals surface area (Å²) in [5, 5.41) is 2.63. The van der Waals surface area contributed by atoms with Crippen LogP contribution in [0.5, 0.6) is 0 Å². The van der Waals surface area contributed by atoms with Crippen LogP contribution in [0.15, 0.2) is 0 Å². The van der Waals surface area contributed by atoms with E-state index in [1.165, 1.54) is 24.2 Å². The number of piperidine rings is 1. The van der Waals surface area contributed by atoms with Gasteiger partial charge in [0, 0.05) is 27.2 Å². The van der Waals surface area contributed by atoms with Gasteiger partial charge in [-0.05, 0) is 31.1 Å². The average molecular weight is 239 g/mol. The van der Waals surface area contributed by atoms with Gasteiger partial charge in [0.15, 0.2) is 0 Å². The minimum Gasteiger partial charge on any atom is -0.341 e. The molecule has 0 aromatic carbocycles. The quantitative estimate of drug-likeness (QED) is 0.763. The van der Waals surface area contributed by atoms with E-state index in [0.717, 1.165) is 13.1 Å². The third kappa shape index (κ3) is 2.90. The number of nitrogens with zero attached hydrogens (tertiary/aromatic N) is 2. The zero-order valence-electron chi connectivity index (χ0n) is 10.6.